The monoisotopic (exact) mass is 208 g/mol. The molecule has 2 rings (SSSR count). The van der Waals surface area contributed by atoms with Gasteiger partial charge in [0.25, 0.3) is 0 Å². The Morgan fingerprint density at radius 3 is 3.14 bits per heavy atom. The number of pyridine rings is 1. The maximum atomic E-state index is 4.24. The van der Waals surface area contributed by atoms with E-state index in [4.69, 9.17) is 0 Å². The van der Waals surface area contributed by atoms with Crippen molar-refractivity contribution in [3.05, 3.63) is 24.4 Å². The second-order valence-electron chi connectivity index (χ2n) is 3.58. The first-order valence-corrected chi connectivity index (χ1v) is 6.26. The molecule has 2 nitrogen and oxygen atoms in total. The molecule has 0 spiro atoms. The highest BCUT2D eigenvalue weighted by atomic mass is 32.2. The zero-order valence-electron chi connectivity index (χ0n) is 8.28. The molecule has 0 amide bonds. The van der Waals surface area contributed by atoms with E-state index in [1.165, 1.54) is 25.0 Å². The highest BCUT2D eigenvalue weighted by Gasteiger charge is 2.13. The Hall–Kier alpha value is -0.700. The van der Waals surface area contributed by atoms with Crippen molar-refractivity contribution in [3.63, 3.8) is 0 Å². The summed E-state index contributed by atoms with van der Waals surface area (Å²) in [6.07, 6.45) is 5.97. The van der Waals surface area contributed by atoms with Crippen LogP contribution in [0.1, 0.15) is 19.3 Å². The van der Waals surface area contributed by atoms with Crippen LogP contribution in [0.3, 0.4) is 0 Å². The zero-order chi connectivity index (χ0) is 9.64. The van der Waals surface area contributed by atoms with E-state index in [9.17, 15) is 0 Å². The fraction of sp³-hybridized carbons (Fsp3) is 0.545. The molecule has 1 unspecified atom stereocenters. The summed E-state index contributed by atoms with van der Waals surface area (Å²) >= 11 is 2.09. The van der Waals surface area contributed by atoms with E-state index in [0.717, 1.165) is 17.6 Å². The van der Waals surface area contributed by atoms with Crippen molar-refractivity contribution in [2.75, 3.05) is 17.6 Å². The van der Waals surface area contributed by atoms with Crippen LogP contribution in [-0.4, -0.2) is 22.5 Å². The molecule has 0 radical (unpaired) electrons. The first-order chi connectivity index (χ1) is 6.95. The molecular formula is C11H16N2S. The first kappa shape index (κ1) is 9.84. The van der Waals surface area contributed by atoms with Gasteiger partial charge in [-0.2, -0.15) is 11.8 Å². The second kappa shape index (κ2) is 5.25. The molecule has 2 heterocycles. The molecule has 3 heteroatoms. The van der Waals surface area contributed by atoms with Gasteiger partial charge in [-0.3, -0.25) is 0 Å². The minimum Gasteiger partial charge on any atom is -0.369 e. The predicted octanol–water partition coefficient (Wildman–Crippen LogP) is 2.78. The Morgan fingerprint density at radius 1 is 1.43 bits per heavy atom. The number of nitrogens with zero attached hydrogens (tertiary/aromatic N) is 1. The molecule has 1 atom stereocenters. The zero-order valence-corrected chi connectivity index (χ0v) is 9.09. The number of rotatable bonds is 3. The van der Waals surface area contributed by atoms with E-state index in [1.54, 1.807) is 0 Å². The van der Waals surface area contributed by atoms with Crippen LogP contribution in [0, 0.1) is 0 Å². The maximum absolute atomic E-state index is 4.24. The lowest BCUT2D eigenvalue weighted by molar-refractivity contribution is 0.677. The summed E-state index contributed by atoms with van der Waals surface area (Å²) in [7, 11) is 0. The third-order valence-electron chi connectivity index (χ3n) is 2.45. The fourth-order valence-electron chi connectivity index (χ4n) is 1.65. The third-order valence-corrected chi connectivity index (χ3v) is 3.85. The highest BCUT2D eigenvalue weighted by Crippen LogP contribution is 2.24. The molecule has 1 aliphatic heterocycles. The standard InChI is InChI=1S/C11H16N2S/c1-3-7-12-11(6-1)13-9-10-5-2-4-8-14-10/h1,3,6-7,10H,2,4-5,8-9H2,(H,12,13). The van der Waals surface area contributed by atoms with E-state index in [2.05, 4.69) is 22.1 Å². The van der Waals surface area contributed by atoms with Gasteiger partial charge in [0.05, 0.1) is 0 Å². The van der Waals surface area contributed by atoms with Crippen molar-refractivity contribution < 1.29 is 0 Å². The summed E-state index contributed by atoms with van der Waals surface area (Å²) < 4.78 is 0. The van der Waals surface area contributed by atoms with Gasteiger partial charge in [-0.1, -0.05) is 12.5 Å². The lowest BCUT2D eigenvalue weighted by Crippen LogP contribution is -2.20. The Morgan fingerprint density at radius 2 is 2.43 bits per heavy atom. The van der Waals surface area contributed by atoms with Crippen molar-refractivity contribution in [1.29, 1.82) is 0 Å². The third kappa shape index (κ3) is 2.91. The van der Waals surface area contributed by atoms with E-state index in [1.807, 2.05) is 24.4 Å². The molecule has 76 valence electrons. The second-order valence-corrected chi connectivity index (χ2v) is 4.99. The van der Waals surface area contributed by atoms with Crippen molar-refractivity contribution >= 4 is 17.6 Å². The average Bonchev–Trinajstić information content (AvgIpc) is 2.29. The normalized spacial score (nSPS) is 21.9. The van der Waals surface area contributed by atoms with Gasteiger partial charge in [0.2, 0.25) is 0 Å². The minimum atomic E-state index is 0.783. The van der Waals surface area contributed by atoms with Crippen LogP contribution in [0.4, 0.5) is 5.82 Å². The first-order valence-electron chi connectivity index (χ1n) is 5.21. The van der Waals surface area contributed by atoms with Crippen LogP contribution >= 0.6 is 11.8 Å². The number of hydrogen-bond acceptors (Lipinski definition) is 3. The van der Waals surface area contributed by atoms with E-state index in [0.29, 0.717) is 0 Å². The molecule has 1 saturated heterocycles. The molecule has 14 heavy (non-hydrogen) atoms. The number of thioether (sulfide) groups is 1. The lowest BCUT2D eigenvalue weighted by Gasteiger charge is -2.21. The van der Waals surface area contributed by atoms with Crippen molar-refractivity contribution in [2.45, 2.75) is 24.5 Å². The summed E-state index contributed by atoms with van der Waals surface area (Å²) in [6, 6.07) is 5.98. The van der Waals surface area contributed by atoms with Crippen molar-refractivity contribution in [3.8, 4) is 0 Å². The minimum absolute atomic E-state index is 0.783. The molecule has 1 aliphatic rings. The summed E-state index contributed by atoms with van der Waals surface area (Å²) in [6.45, 7) is 1.06. The topological polar surface area (TPSA) is 24.9 Å². The molecule has 1 N–H and O–H groups in total. The predicted molar refractivity (Wildman–Crippen MR) is 62.8 cm³/mol. The molecule has 0 aromatic carbocycles. The van der Waals surface area contributed by atoms with Gasteiger partial charge in [0, 0.05) is 18.0 Å². The highest BCUT2D eigenvalue weighted by molar-refractivity contribution is 7.99. The van der Waals surface area contributed by atoms with Crippen LogP contribution < -0.4 is 5.32 Å². The van der Waals surface area contributed by atoms with Crippen LogP contribution in [0.15, 0.2) is 24.4 Å². The SMILES string of the molecule is c1ccc(NCC2CCCCS2)nc1. The van der Waals surface area contributed by atoms with Gasteiger partial charge in [-0.05, 0) is 30.7 Å². The molecule has 1 aromatic heterocycles. The summed E-state index contributed by atoms with van der Waals surface area (Å²) in [5, 5.41) is 4.17. The quantitative estimate of drug-likeness (QED) is 0.826. The Balaban J connectivity index is 1.76. The van der Waals surface area contributed by atoms with Crippen LogP contribution in [-0.2, 0) is 0 Å². The van der Waals surface area contributed by atoms with Gasteiger partial charge < -0.3 is 5.32 Å². The van der Waals surface area contributed by atoms with Crippen LogP contribution in [0.25, 0.3) is 0 Å². The average molecular weight is 208 g/mol. The Kier molecular flexibility index (Phi) is 3.69. The summed E-state index contributed by atoms with van der Waals surface area (Å²) in [5.41, 5.74) is 0. The number of anilines is 1. The van der Waals surface area contributed by atoms with E-state index >= 15 is 0 Å². The van der Waals surface area contributed by atoms with Gasteiger partial charge in [0.15, 0.2) is 0 Å². The molecule has 1 aromatic rings. The Labute approximate surface area is 89.5 Å². The summed E-state index contributed by atoms with van der Waals surface area (Å²) in [5.74, 6) is 2.33. The van der Waals surface area contributed by atoms with Gasteiger partial charge in [-0.15, -0.1) is 0 Å². The lowest BCUT2D eigenvalue weighted by atomic mass is 10.2. The molecule has 0 bridgehead atoms. The number of hydrogen-bond donors (Lipinski definition) is 1. The Bertz CT molecular complexity index is 257. The molecule has 0 aliphatic carbocycles. The van der Waals surface area contributed by atoms with Crippen LogP contribution in [0.2, 0.25) is 0 Å². The number of aromatic nitrogens is 1. The van der Waals surface area contributed by atoms with Gasteiger partial charge in [0.1, 0.15) is 5.82 Å². The molecule has 0 saturated carbocycles. The summed E-state index contributed by atoms with van der Waals surface area (Å²) in [4.78, 5) is 4.24. The smallest absolute Gasteiger partial charge is 0.125 e. The van der Waals surface area contributed by atoms with E-state index < -0.39 is 0 Å². The molecular weight excluding hydrogens is 192 g/mol. The van der Waals surface area contributed by atoms with Crippen LogP contribution in [0.5, 0.6) is 0 Å². The van der Waals surface area contributed by atoms with Crippen molar-refractivity contribution in [2.24, 2.45) is 0 Å². The van der Waals surface area contributed by atoms with Gasteiger partial charge in [-0.25, -0.2) is 4.98 Å². The van der Waals surface area contributed by atoms with Crippen molar-refractivity contribution in [1.82, 2.24) is 4.98 Å². The van der Waals surface area contributed by atoms with E-state index in [-0.39, 0.29) is 0 Å². The number of nitrogens with one attached hydrogen (secondary N) is 1. The molecule has 1 fully saturated rings. The largest absolute Gasteiger partial charge is 0.369 e. The maximum Gasteiger partial charge on any atom is 0.125 e. The van der Waals surface area contributed by atoms with Gasteiger partial charge >= 0.3 is 0 Å². The fourth-order valence-corrected chi connectivity index (χ4v) is 2.89.